The second-order valence-electron chi connectivity index (χ2n) is 5.64. The van der Waals surface area contributed by atoms with Crippen LogP contribution in [0.2, 0.25) is 0 Å². The third-order valence-electron chi connectivity index (χ3n) is 3.90. The average molecular weight is 304 g/mol. The zero-order valence-corrected chi connectivity index (χ0v) is 13.0. The van der Waals surface area contributed by atoms with Gasteiger partial charge in [-0.05, 0) is 37.3 Å². The number of thiophene rings is 1. The highest BCUT2D eigenvalue weighted by molar-refractivity contribution is 7.21. The van der Waals surface area contributed by atoms with Gasteiger partial charge in [-0.3, -0.25) is 4.79 Å². The Bertz CT molecular complexity index is 660. The third-order valence-corrected chi connectivity index (χ3v) is 5.06. The largest absolute Gasteiger partial charge is 0.397 e. The number of amides is 1. The SMILES string of the molecule is Cc1ccc2c(N)c(C(=O)NCC3CCCOC3)sc2c1. The number of hydrogen-bond donors (Lipinski definition) is 2. The average Bonchev–Trinajstić information content (AvgIpc) is 2.82. The first-order valence-electron chi connectivity index (χ1n) is 7.29. The van der Waals surface area contributed by atoms with Gasteiger partial charge in [0.05, 0.1) is 12.3 Å². The van der Waals surface area contributed by atoms with Crippen LogP contribution in [0.15, 0.2) is 18.2 Å². The minimum Gasteiger partial charge on any atom is -0.397 e. The first-order chi connectivity index (χ1) is 10.1. The maximum Gasteiger partial charge on any atom is 0.263 e. The van der Waals surface area contributed by atoms with Gasteiger partial charge in [0, 0.05) is 23.2 Å². The molecule has 5 heteroatoms. The lowest BCUT2D eigenvalue weighted by Gasteiger charge is -2.22. The Labute approximate surface area is 128 Å². The first kappa shape index (κ1) is 14.4. The van der Waals surface area contributed by atoms with Crippen molar-refractivity contribution in [2.45, 2.75) is 19.8 Å². The van der Waals surface area contributed by atoms with Gasteiger partial charge in [0.1, 0.15) is 4.88 Å². The van der Waals surface area contributed by atoms with Gasteiger partial charge in [-0.2, -0.15) is 0 Å². The lowest BCUT2D eigenvalue weighted by atomic mass is 10.0. The highest BCUT2D eigenvalue weighted by Gasteiger charge is 2.19. The fourth-order valence-electron chi connectivity index (χ4n) is 2.68. The van der Waals surface area contributed by atoms with Gasteiger partial charge in [-0.15, -0.1) is 11.3 Å². The Hall–Kier alpha value is -1.59. The van der Waals surface area contributed by atoms with Crippen molar-refractivity contribution in [1.82, 2.24) is 5.32 Å². The van der Waals surface area contributed by atoms with E-state index in [1.165, 1.54) is 16.9 Å². The van der Waals surface area contributed by atoms with Crippen LogP contribution in [-0.2, 0) is 4.74 Å². The molecular formula is C16H20N2O2S. The van der Waals surface area contributed by atoms with E-state index < -0.39 is 0 Å². The Morgan fingerprint density at radius 1 is 1.52 bits per heavy atom. The molecule has 0 bridgehead atoms. The molecule has 1 aliphatic rings. The summed E-state index contributed by atoms with van der Waals surface area (Å²) in [6.07, 6.45) is 2.19. The van der Waals surface area contributed by atoms with Gasteiger partial charge in [0.15, 0.2) is 0 Å². The number of ether oxygens (including phenoxy) is 1. The van der Waals surface area contributed by atoms with E-state index >= 15 is 0 Å². The zero-order valence-electron chi connectivity index (χ0n) is 12.1. The van der Waals surface area contributed by atoms with E-state index in [4.69, 9.17) is 10.5 Å². The molecule has 21 heavy (non-hydrogen) atoms. The van der Waals surface area contributed by atoms with E-state index in [0.717, 1.165) is 36.1 Å². The van der Waals surface area contributed by atoms with Crippen molar-refractivity contribution in [2.24, 2.45) is 5.92 Å². The summed E-state index contributed by atoms with van der Waals surface area (Å²) in [6.45, 7) is 4.28. The van der Waals surface area contributed by atoms with Gasteiger partial charge >= 0.3 is 0 Å². The standard InChI is InChI=1S/C16H20N2O2S/c1-10-4-5-12-13(7-10)21-15(14(12)17)16(19)18-8-11-3-2-6-20-9-11/h4-5,7,11H,2-3,6,8-9,17H2,1H3,(H,18,19). The molecule has 1 aromatic carbocycles. The molecule has 1 unspecified atom stereocenters. The van der Waals surface area contributed by atoms with Crippen LogP contribution in [0.5, 0.6) is 0 Å². The maximum absolute atomic E-state index is 12.3. The number of nitrogen functional groups attached to an aromatic ring is 1. The fraction of sp³-hybridized carbons (Fsp3) is 0.438. The molecule has 4 nitrogen and oxygen atoms in total. The highest BCUT2D eigenvalue weighted by Crippen LogP contribution is 2.34. The van der Waals surface area contributed by atoms with E-state index in [2.05, 4.69) is 11.4 Å². The molecule has 1 amide bonds. The molecule has 1 saturated heterocycles. The molecule has 3 rings (SSSR count). The zero-order chi connectivity index (χ0) is 14.8. The quantitative estimate of drug-likeness (QED) is 0.916. The van der Waals surface area contributed by atoms with Crippen molar-refractivity contribution in [3.8, 4) is 0 Å². The number of aryl methyl sites for hydroxylation is 1. The second kappa shape index (κ2) is 6.03. The number of benzene rings is 1. The monoisotopic (exact) mass is 304 g/mol. The molecule has 0 radical (unpaired) electrons. The molecule has 1 aromatic heterocycles. The van der Waals surface area contributed by atoms with E-state index in [1.807, 2.05) is 19.1 Å². The van der Waals surface area contributed by atoms with Gasteiger partial charge in [-0.1, -0.05) is 12.1 Å². The Morgan fingerprint density at radius 3 is 3.14 bits per heavy atom. The van der Waals surface area contributed by atoms with Crippen molar-refractivity contribution in [3.63, 3.8) is 0 Å². The summed E-state index contributed by atoms with van der Waals surface area (Å²) in [5, 5.41) is 3.97. The number of rotatable bonds is 3. The van der Waals surface area contributed by atoms with Crippen molar-refractivity contribution < 1.29 is 9.53 Å². The molecule has 0 saturated carbocycles. The highest BCUT2D eigenvalue weighted by atomic mass is 32.1. The molecule has 0 aliphatic carbocycles. The molecule has 1 fully saturated rings. The molecule has 3 N–H and O–H groups in total. The van der Waals surface area contributed by atoms with Gasteiger partial charge in [0.2, 0.25) is 0 Å². The molecular weight excluding hydrogens is 284 g/mol. The van der Waals surface area contributed by atoms with Crippen LogP contribution in [0.25, 0.3) is 10.1 Å². The summed E-state index contributed by atoms with van der Waals surface area (Å²) in [5.41, 5.74) is 7.89. The molecule has 2 heterocycles. The van der Waals surface area contributed by atoms with E-state index in [0.29, 0.717) is 23.0 Å². The minimum atomic E-state index is -0.0723. The van der Waals surface area contributed by atoms with Crippen molar-refractivity contribution in [1.29, 1.82) is 0 Å². The lowest BCUT2D eigenvalue weighted by Crippen LogP contribution is -2.33. The minimum absolute atomic E-state index is 0.0723. The van der Waals surface area contributed by atoms with Gasteiger partial charge in [0.25, 0.3) is 5.91 Å². The molecule has 0 spiro atoms. The number of hydrogen-bond acceptors (Lipinski definition) is 4. The van der Waals surface area contributed by atoms with E-state index in [1.54, 1.807) is 0 Å². The van der Waals surface area contributed by atoms with Crippen molar-refractivity contribution >= 4 is 33.0 Å². The van der Waals surface area contributed by atoms with Crippen molar-refractivity contribution in [3.05, 3.63) is 28.6 Å². The third kappa shape index (κ3) is 3.04. The van der Waals surface area contributed by atoms with E-state index in [-0.39, 0.29) is 5.91 Å². The van der Waals surface area contributed by atoms with Crippen LogP contribution in [0.1, 0.15) is 28.1 Å². The summed E-state index contributed by atoms with van der Waals surface area (Å²) >= 11 is 1.46. The van der Waals surface area contributed by atoms with Crippen LogP contribution >= 0.6 is 11.3 Å². The van der Waals surface area contributed by atoms with Crippen LogP contribution in [0, 0.1) is 12.8 Å². The summed E-state index contributed by atoms with van der Waals surface area (Å²) in [7, 11) is 0. The molecule has 112 valence electrons. The summed E-state index contributed by atoms with van der Waals surface area (Å²) < 4.78 is 6.50. The predicted molar refractivity (Wildman–Crippen MR) is 86.9 cm³/mol. The predicted octanol–water partition coefficient (Wildman–Crippen LogP) is 2.95. The molecule has 1 atom stereocenters. The van der Waals surface area contributed by atoms with Gasteiger partial charge in [-0.25, -0.2) is 0 Å². The number of nitrogens with one attached hydrogen (secondary N) is 1. The van der Waals surface area contributed by atoms with Crippen LogP contribution in [-0.4, -0.2) is 25.7 Å². The van der Waals surface area contributed by atoms with Crippen molar-refractivity contribution in [2.75, 3.05) is 25.5 Å². The Balaban J connectivity index is 1.73. The summed E-state index contributed by atoms with van der Waals surface area (Å²) in [4.78, 5) is 13.0. The summed E-state index contributed by atoms with van der Waals surface area (Å²) in [6, 6.07) is 6.08. The second-order valence-corrected chi connectivity index (χ2v) is 6.69. The number of fused-ring (bicyclic) bond motifs is 1. The Morgan fingerprint density at radius 2 is 2.38 bits per heavy atom. The number of carbonyl (C=O) groups is 1. The normalized spacial score (nSPS) is 18.8. The fourth-order valence-corrected chi connectivity index (χ4v) is 3.82. The number of anilines is 1. The van der Waals surface area contributed by atoms with Gasteiger partial charge < -0.3 is 15.8 Å². The first-order valence-corrected chi connectivity index (χ1v) is 8.11. The molecule has 2 aromatic rings. The van der Waals surface area contributed by atoms with E-state index in [9.17, 15) is 4.79 Å². The maximum atomic E-state index is 12.3. The number of nitrogens with two attached hydrogens (primary N) is 1. The van der Waals surface area contributed by atoms with Crippen LogP contribution < -0.4 is 11.1 Å². The molecule has 1 aliphatic heterocycles. The van der Waals surface area contributed by atoms with Crippen LogP contribution in [0.3, 0.4) is 0 Å². The lowest BCUT2D eigenvalue weighted by molar-refractivity contribution is 0.0537. The van der Waals surface area contributed by atoms with Crippen LogP contribution in [0.4, 0.5) is 5.69 Å². The topological polar surface area (TPSA) is 64.4 Å². The Kier molecular flexibility index (Phi) is 4.12. The number of carbonyl (C=O) groups excluding carboxylic acids is 1. The smallest absolute Gasteiger partial charge is 0.263 e. The summed E-state index contributed by atoms with van der Waals surface area (Å²) in [5.74, 6) is 0.345.